The van der Waals surface area contributed by atoms with Gasteiger partial charge in [-0.1, -0.05) is 23.4 Å². The van der Waals surface area contributed by atoms with Crippen LogP contribution in [0, 0.1) is 18.8 Å². The van der Waals surface area contributed by atoms with Gasteiger partial charge in [0.15, 0.2) is 0 Å². The predicted molar refractivity (Wildman–Crippen MR) is 106 cm³/mol. The first-order valence-electron chi connectivity index (χ1n) is 10.1. The third kappa shape index (κ3) is 3.30. The highest BCUT2D eigenvalue weighted by Gasteiger charge is 2.45. The molecule has 3 heterocycles. The number of likely N-dealkylation sites (tertiary alicyclic amines) is 1. The summed E-state index contributed by atoms with van der Waals surface area (Å²) < 4.78 is 13.3. The zero-order valence-corrected chi connectivity index (χ0v) is 16.6. The Hall–Kier alpha value is -3.09. The fourth-order valence-corrected chi connectivity index (χ4v) is 4.71. The van der Waals surface area contributed by atoms with Gasteiger partial charge in [-0.2, -0.15) is 5.10 Å². The Morgan fingerprint density at radius 3 is 2.79 bits per heavy atom. The lowest BCUT2D eigenvalue weighted by molar-refractivity contribution is 0.0721. The molecule has 1 aliphatic heterocycles. The van der Waals surface area contributed by atoms with E-state index in [1.54, 1.807) is 10.7 Å². The number of carbonyl (C=O) groups is 1. The van der Waals surface area contributed by atoms with Crippen LogP contribution in [-0.2, 0) is 7.05 Å². The van der Waals surface area contributed by atoms with Crippen molar-refractivity contribution in [2.24, 2.45) is 18.9 Å². The van der Waals surface area contributed by atoms with Crippen LogP contribution >= 0.6 is 0 Å². The van der Waals surface area contributed by atoms with E-state index in [0.29, 0.717) is 24.1 Å². The Kier molecular flexibility index (Phi) is 4.38. The van der Waals surface area contributed by atoms with E-state index >= 15 is 0 Å². The van der Waals surface area contributed by atoms with E-state index in [9.17, 15) is 4.79 Å². The minimum Gasteiger partial charge on any atom is -0.490 e. The van der Waals surface area contributed by atoms with Gasteiger partial charge in [-0.15, -0.1) is 0 Å². The SMILES string of the molecule is Cc1nn(C)cc1-c1cc(C(=O)N2C[C@@H]3CC[C@H](Oc4ccccc4)[C@@H]3C2)on1. The monoisotopic (exact) mass is 392 g/mol. The molecule has 3 atom stereocenters. The number of rotatable bonds is 4. The molecule has 1 amide bonds. The summed E-state index contributed by atoms with van der Waals surface area (Å²) in [5.74, 6) is 1.93. The zero-order valence-electron chi connectivity index (χ0n) is 16.6. The summed E-state index contributed by atoms with van der Waals surface area (Å²) in [5, 5.41) is 8.42. The van der Waals surface area contributed by atoms with Crippen LogP contribution in [0.1, 0.15) is 29.1 Å². The molecule has 29 heavy (non-hydrogen) atoms. The highest BCUT2D eigenvalue weighted by atomic mass is 16.5. The van der Waals surface area contributed by atoms with Crippen LogP contribution in [0.2, 0.25) is 0 Å². The van der Waals surface area contributed by atoms with Gasteiger partial charge in [0.05, 0.1) is 5.69 Å². The second-order valence-electron chi connectivity index (χ2n) is 8.06. The molecule has 2 aliphatic rings. The third-order valence-corrected chi connectivity index (χ3v) is 6.12. The molecule has 5 rings (SSSR count). The van der Waals surface area contributed by atoms with Crippen molar-refractivity contribution in [3.8, 4) is 17.0 Å². The van der Waals surface area contributed by atoms with Crippen molar-refractivity contribution >= 4 is 5.91 Å². The molecule has 1 saturated heterocycles. The summed E-state index contributed by atoms with van der Waals surface area (Å²) in [5.41, 5.74) is 2.38. The van der Waals surface area contributed by atoms with Crippen LogP contribution in [0.3, 0.4) is 0 Å². The summed E-state index contributed by atoms with van der Waals surface area (Å²) in [7, 11) is 1.86. The molecule has 0 bridgehead atoms. The first-order valence-corrected chi connectivity index (χ1v) is 10.1. The van der Waals surface area contributed by atoms with Crippen LogP contribution in [0.25, 0.3) is 11.3 Å². The predicted octanol–water partition coefficient (Wildman–Crippen LogP) is 3.31. The lowest BCUT2D eigenvalue weighted by atomic mass is 9.99. The third-order valence-electron chi connectivity index (χ3n) is 6.12. The molecule has 150 valence electrons. The molecular weight excluding hydrogens is 368 g/mol. The van der Waals surface area contributed by atoms with Crippen molar-refractivity contribution in [2.75, 3.05) is 13.1 Å². The molecule has 0 radical (unpaired) electrons. The Labute approximate surface area is 169 Å². The molecule has 3 aromatic rings. The molecule has 2 fully saturated rings. The number of benzene rings is 1. The maximum Gasteiger partial charge on any atom is 0.292 e. The molecule has 0 unspecified atom stereocenters. The standard InChI is InChI=1S/C22H24N4O3/c1-14-17(12-25(2)23-14)19-10-21(29-24-19)22(27)26-11-15-8-9-20(18(15)13-26)28-16-6-4-3-5-7-16/h3-7,10,12,15,18,20H,8-9,11,13H2,1-2H3/t15-,18+,20-/m0/s1. The van der Waals surface area contributed by atoms with Crippen LogP contribution in [0.15, 0.2) is 47.1 Å². The summed E-state index contributed by atoms with van der Waals surface area (Å²) in [6.45, 7) is 3.36. The maximum atomic E-state index is 13.0. The van der Waals surface area contributed by atoms with Crippen molar-refractivity contribution in [2.45, 2.75) is 25.9 Å². The van der Waals surface area contributed by atoms with E-state index in [1.165, 1.54) is 0 Å². The van der Waals surface area contributed by atoms with Gasteiger partial charge < -0.3 is 14.2 Å². The van der Waals surface area contributed by atoms with Gasteiger partial charge in [0, 0.05) is 43.9 Å². The van der Waals surface area contributed by atoms with Gasteiger partial charge in [0.25, 0.3) is 5.91 Å². The maximum absolute atomic E-state index is 13.0. The van der Waals surface area contributed by atoms with Crippen LogP contribution in [0.4, 0.5) is 0 Å². The van der Waals surface area contributed by atoms with Gasteiger partial charge in [-0.25, -0.2) is 0 Å². The van der Waals surface area contributed by atoms with Gasteiger partial charge in [0.1, 0.15) is 17.5 Å². The van der Waals surface area contributed by atoms with Crippen molar-refractivity contribution < 1.29 is 14.1 Å². The molecule has 7 heteroatoms. The first-order chi connectivity index (χ1) is 14.1. The Balaban J connectivity index is 1.28. The first kappa shape index (κ1) is 18.0. The Bertz CT molecular complexity index is 1030. The summed E-state index contributed by atoms with van der Waals surface area (Å²) >= 11 is 0. The topological polar surface area (TPSA) is 73.4 Å². The van der Waals surface area contributed by atoms with E-state index in [0.717, 1.165) is 36.4 Å². The molecule has 2 aromatic heterocycles. The lowest BCUT2D eigenvalue weighted by Crippen LogP contribution is -2.32. The average Bonchev–Trinajstić information content (AvgIpc) is 3.47. The highest BCUT2D eigenvalue weighted by molar-refractivity contribution is 5.92. The van der Waals surface area contributed by atoms with E-state index in [-0.39, 0.29) is 17.8 Å². The molecule has 1 aromatic carbocycles. The van der Waals surface area contributed by atoms with E-state index < -0.39 is 0 Å². The number of hydrogen-bond donors (Lipinski definition) is 0. The minimum absolute atomic E-state index is 0.0989. The Morgan fingerprint density at radius 2 is 2.03 bits per heavy atom. The van der Waals surface area contributed by atoms with Crippen molar-refractivity contribution in [3.63, 3.8) is 0 Å². The van der Waals surface area contributed by atoms with Crippen molar-refractivity contribution in [1.82, 2.24) is 19.8 Å². The molecule has 1 saturated carbocycles. The number of aromatic nitrogens is 3. The minimum atomic E-state index is -0.0989. The zero-order chi connectivity index (χ0) is 20.0. The normalized spacial score (nSPS) is 23.4. The smallest absolute Gasteiger partial charge is 0.292 e. The van der Waals surface area contributed by atoms with Gasteiger partial charge in [0.2, 0.25) is 5.76 Å². The number of para-hydroxylation sites is 1. The van der Waals surface area contributed by atoms with E-state index in [4.69, 9.17) is 9.26 Å². The van der Waals surface area contributed by atoms with Gasteiger partial charge >= 0.3 is 0 Å². The summed E-state index contributed by atoms with van der Waals surface area (Å²) in [4.78, 5) is 14.9. The Morgan fingerprint density at radius 1 is 1.21 bits per heavy atom. The van der Waals surface area contributed by atoms with Crippen LogP contribution in [0.5, 0.6) is 5.75 Å². The number of fused-ring (bicyclic) bond motifs is 1. The van der Waals surface area contributed by atoms with Gasteiger partial charge in [-0.05, 0) is 37.8 Å². The average molecular weight is 392 g/mol. The van der Waals surface area contributed by atoms with Crippen molar-refractivity contribution in [3.05, 3.63) is 54.0 Å². The van der Waals surface area contributed by atoms with Gasteiger partial charge in [-0.3, -0.25) is 9.48 Å². The number of hydrogen-bond acceptors (Lipinski definition) is 5. The molecular formula is C22H24N4O3. The largest absolute Gasteiger partial charge is 0.490 e. The summed E-state index contributed by atoms with van der Waals surface area (Å²) in [6, 6.07) is 11.6. The van der Waals surface area contributed by atoms with Crippen molar-refractivity contribution in [1.29, 1.82) is 0 Å². The van der Waals surface area contributed by atoms with E-state index in [2.05, 4.69) is 10.3 Å². The lowest BCUT2D eigenvalue weighted by Gasteiger charge is -2.21. The number of aryl methyl sites for hydroxylation is 2. The van der Waals surface area contributed by atoms with Crippen LogP contribution in [-0.4, -0.2) is 44.9 Å². The molecule has 7 nitrogen and oxygen atoms in total. The fraction of sp³-hybridized carbons (Fsp3) is 0.409. The number of carbonyl (C=O) groups excluding carboxylic acids is 1. The fourth-order valence-electron chi connectivity index (χ4n) is 4.71. The molecule has 1 aliphatic carbocycles. The number of nitrogens with zero attached hydrogens (tertiary/aromatic N) is 4. The highest BCUT2D eigenvalue weighted by Crippen LogP contribution is 2.40. The van der Waals surface area contributed by atoms with E-state index in [1.807, 2.05) is 55.4 Å². The summed E-state index contributed by atoms with van der Waals surface area (Å²) in [6.07, 6.45) is 4.16. The molecule has 0 spiro atoms. The second-order valence-corrected chi connectivity index (χ2v) is 8.06. The second kappa shape index (κ2) is 7.06. The number of ether oxygens (including phenoxy) is 1. The van der Waals surface area contributed by atoms with Crippen LogP contribution < -0.4 is 4.74 Å². The quantitative estimate of drug-likeness (QED) is 0.681. The molecule has 0 N–H and O–H groups in total. The number of amides is 1.